The van der Waals surface area contributed by atoms with Crippen molar-refractivity contribution in [3.8, 4) is 0 Å². The quantitative estimate of drug-likeness (QED) is 0.868. The van der Waals surface area contributed by atoms with Crippen LogP contribution in [-0.4, -0.2) is 47.7 Å². The lowest BCUT2D eigenvalue weighted by Crippen LogP contribution is -2.42. The third-order valence-electron chi connectivity index (χ3n) is 2.64. The van der Waals surface area contributed by atoms with Crippen molar-refractivity contribution in [1.82, 2.24) is 20.5 Å². The van der Waals surface area contributed by atoms with Crippen molar-refractivity contribution in [1.29, 1.82) is 0 Å². The molecule has 0 fully saturated rings. The summed E-state index contributed by atoms with van der Waals surface area (Å²) >= 11 is 0. The Morgan fingerprint density at radius 1 is 1.23 bits per heavy atom. The fourth-order valence-corrected chi connectivity index (χ4v) is 1.51. The van der Waals surface area contributed by atoms with E-state index in [9.17, 15) is 9.59 Å². The second kappa shape index (κ2) is 8.21. The molecule has 7 nitrogen and oxygen atoms in total. The largest absolute Gasteiger partial charge is 0.444 e. The predicted molar refractivity (Wildman–Crippen MR) is 83.3 cm³/mol. The molecular formula is C15H24N4O3. The summed E-state index contributed by atoms with van der Waals surface area (Å²) in [7, 11) is 1.63. The van der Waals surface area contributed by atoms with E-state index in [0.717, 1.165) is 5.56 Å². The third-order valence-corrected chi connectivity index (χ3v) is 2.64. The monoisotopic (exact) mass is 308 g/mol. The van der Waals surface area contributed by atoms with Crippen LogP contribution in [0.4, 0.5) is 9.59 Å². The number of carbonyl (C=O) groups excluding carboxylic acids is 2. The molecule has 0 aliphatic heterocycles. The van der Waals surface area contributed by atoms with Gasteiger partial charge in [0.2, 0.25) is 0 Å². The van der Waals surface area contributed by atoms with Crippen molar-refractivity contribution in [3.63, 3.8) is 0 Å². The highest BCUT2D eigenvalue weighted by Gasteiger charge is 2.19. The molecular weight excluding hydrogens is 284 g/mol. The minimum atomic E-state index is -0.527. The number of hydrogen-bond acceptors (Lipinski definition) is 4. The maximum absolute atomic E-state index is 11.7. The first-order chi connectivity index (χ1) is 10.3. The zero-order chi connectivity index (χ0) is 16.6. The van der Waals surface area contributed by atoms with Crippen LogP contribution in [0.2, 0.25) is 0 Å². The van der Waals surface area contributed by atoms with Crippen LogP contribution < -0.4 is 10.6 Å². The highest BCUT2D eigenvalue weighted by Crippen LogP contribution is 2.08. The molecule has 1 rings (SSSR count). The number of ether oxygens (including phenoxy) is 1. The molecule has 2 N–H and O–H groups in total. The van der Waals surface area contributed by atoms with Gasteiger partial charge in [-0.3, -0.25) is 4.98 Å². The first-order valence-electron chi connectivity index (χ1n) is 7.12. The van der Waals surface area contributed by atoms with E-state index >= 15 is 0 Å². The van der Waals surface area contributed by atoms with Crippen LogP contribution in [0.5, 0.6) is 0 Å². The number of amides is 3. The van der Waals surface area contributed by atoms with E-state index in [0.29, 0.717) is 19.6 Å². The fourth-order valence-electron chi connectivity index (χ4n) is 1.51. The maximum atomic E-state index is 11.7. The number of aromatic nitrogens is 1. The van der Waals surface area contributed by atoms with Gasteiger partial charge in [0.15, 0.2) is 0 Å². The molecule has 0 saturated heterocycles. The molecule has 0 atom stereocenters. The van der Waals surface area contributed by atoms with Gasteiger partial charge in [-0.15, -0.1) is 0 Å². The Morgan fingerprint density at radius 3 is 2.45 bits per heavy atom. The lowest BCUT2D eigenvalue weighted by atomic mass is 10.2. The van der Waals surface area contributed by atoms with Crippen LogP contribution in [0, 0.1) is 0 Å². The summed E-state index contributed by atoms with van der Waals surface area (Å²) in [6, 6.07) is 3.38. The van der Waals surface area contributed by atoms with E-state index in [-0.39, 0.29) is 6.03 Å². The Kier molecular flexibility index (Phi) is 6.62. The van der Waals surface area contributed by atoms with Gasteiger partial charge >= 0.3 is 12.1 Å². The van der Waals surface area contributed by atoms with Gasteiger partial charge in [-0.1, -0.05) is 0 Å². The Morgan fingerprint density at radius 2 is 1.86 bits per heavy atom. The fraction of sp³-hybridized carbons (Fsp3) is 0.533. The standard InChI is InChI=1S/C15H24N4O3/c1-15(2,3)22-14(21)19(4)10-9-17-13(20)18-11-12-5-7-16-8-6-12/h5-8H,9-11H2,1-4H3,(H2,17,18,20). The van der Waals surface area contributed by atoms with E-state index in [2.05, 4.69) is 15.6 Å². The minimum absolute atomic E-state index is 0.283. The van der Waals surface area contributed by atoms with Crippen molar-refractivity contribution in [3.05, 3.63) is 30.1 Å². The number of pyridine rings is 1. The summed E-state index contributed by atoms with van der Waals surface area (Å²) in [5, 5.41) is 5.41. The molecule has 0 spiro atoms. The molecule has 0 aliphatic carbocycles. The number of urea groups is 1. The third kappa shape index (κ3) is 7.47. The number of hydrogen-bond donors (Lipinski definition) is 2. The Labute approximate surface area is 131 Å². The summed E-state index contributed by atoms with van der Waals surface area (Å²) in [4.78, 5) is 28.7. The maximum Gasteiger partial charge on any atom is 0.410 e. The molecule has 0 saturated carbocycles. The van der Waals surface area contributed by atoms with E-state index in [1.54, 1.807) is 19.4 Å². The van der Waals surface area contributed by atoms with E-state index in [1.807, 2.05) is 32.9 Å². The molecule has 1 heterocycles. The summed E-state index contributed by atoms with van der Waals surface area (Å²) < 4.78 is 5.22. The molecule has 3 amide bonds. The average molecular weight is 308 g/mol. The van der Waals surface area contributed by atoms with Gasteiger partial charge in [-0.05, 0) is 38.5 Å². The van der Waals surface area contributed by atoms with Crippen LogP contribution in [0.15, 0.2) is 24.5 Å². The second-order valence-corrected chi connectivity index (χ2v) is 5.87. The SMILES string of the molecule is CN(CCNC(=O)NCc1ccncc1)C(=O)OC(C)(C)C. The average Bonchev–Trinajstić information content (AvgIpc) is 2.44. The summed E-state index contributed by atoms with van der Waals surface area (Å²) in [6.45, 7) is 6.57. The number of nitrogens with zero attached hydrogens (tertiary/aromatic N) is 2. The first kappa shape index (κ1) is 17.7. The van der Waals surface area contributed by atoms with E-state index < -0.39 is 11.7 Å². The minimum Gasteiger partial charge on any atom is -0.444 e. The van der Waals surface area contributed by atoms with Crippen LogP contribution in [0.1, 0.15) is 26.3 Å². The van der Waals surface area contributed by atoms with Crippen LogP contribution in [0.3, 0.4) is 0 Å². The van der Waals surface area contributed by atoms with Gasteiger partial charge in [-0.2, -0.15) is 0 Å². The van der Waals surface area contributed by atoms with Crippen LogP contribution >= 0.6 is 0 Å². The van der Waals surface area contributed by atoms with Crippen molar-refractivity contribution >= 4 is 12.1 Å². The van der Waals surface area contributed by atoms with Gasteiger partial charge in [0.1, 0.15) is 5.60 Å². The number of carbonyl (C=O) groups is 2. The smallest absolute Gasteiger partial charge is 0.410 e. The van der Waals surface area contributed by atoms with E-state index in [4.69, 9.17) is 4.74 Å². The van der Waals surface area contributed by atoms with Crippen molar-refractivity contribution in [2.24, 2.45) is 0 Å². The van der Waals surface area contributed by atoms with Crippen molar-refractivity contribution in [2.75, 3.05) is 20.1 Å². The summed E-state index contributed by atoms with van der Waals surface area (Å²) in [6.07, 6.45) is 2.93. The molecule has 1 aromatic rings. The number of nitrogens with one attached hydrogen (secondary N) is 2. The molecule has 0 aliphatic rings. The Balaban J connectivity index is 2.20. The highest BCUT2D eigenvalue weighted by atomic mass is 16.6. The number of rotatable bonds is 5. The zero-order valence-corrected chi connectivity index (χ0v) is 13.5. The predicted octanol–water partition coefficient (Wildman–Crippen LogP) is 1.75. The first-order valence-corrected chi connectivity index (χ1v) is 7.12. The molecule has 1 aromatic heterocycles. The normalized spacial score (nSPS) is 10.7. The topological polar surface area (TPSA) is 83.6 Å². The molecule has 0 aromatic carbocycles. The summed E-state index contributed by atoms with van der Waals surface area (Å²) in [5.74, 6) is 0. The number of likely N-dealkylation sites (N-methyl/N-ethyl adjacent to an activating group) is 1. The van der Waals surface area contributed by atoms with Crippen LogP contribution in [0.25, 0.3) is 0 Å². The van der Waals surface area contributed by atoms with Crippen molar-refractivity contribution < 1.29 is 14.3 Å². The Bertz CT molecular complexity index is 485. The van der Waals surface area contributed by atoms with Gasteiger partial charge in [0, 0.05) is 39.1 Å². The molecule has 0 bridgehead atoms. The summed E-state index contributed by atoms with van der Waals surface area (Å²) in [5.41, 5.74) is 0.441. The molecule has 0 unspecified atom stereocenters. The van der Waals surface area contributed by atoms with Gasteiger partial charge in [-0.25, -0.2) is 9.59 Å². The molecule has 122 valence electrons. The van der Waals surface area contributed by atoms with Crippen molar-refractivity contribution in [2.45, 2.75) is 32.9 Å². The van der Waals surface area contributed by atoms with Crippen LogP contribution in [-0.2, 0) is 11.3 Å². The Hall–Kier alpha value is -2.31. The highest BCUT2D eigenvalue weighted by molar-refractivity contribution is 5.74. The molecule has 7 heteroatoms. The van der Waals surface area contributed by atoms with Gasteiger partial charge in [0.25, 0.3) is 0 Å². The van der Waals surface area contributed by atoms with E-state index in [1.165, 1.54) is 4.90 Å². The molecule has 22 heavy (non-hydrogen) atoms. The second-order valence-electron chi connectivity index (χ2n) is 5.87. The van der Waals surface area contributed by atoms with Gasteiger partial charge in [0.05, 0.1) is 0 Å². The lowest BCUT2D eigenvalue weighted by Gasteiger charge is -2.24. The van der Waals surface area contributed by atoms with Gasteiger partial charge < -0.3 is 20.3 Å². The molecule has 0 radical (unpaired) electrons. The zero-order valence-electron chi connectivity index (χ0n) is 13.5. The lowest BCUT2D eigenvalue weighted by molar-refractivity contribution is 0.0301.